The fourth-order valence-corrected chi connectivity index (χ4v) is 2.21. The van der Waals surface area contributed by atoms with Crippen molar-refractivity contribution in [1.82, 2.24) is 0 Å². The standard InChI is InChI=1S/C11H18Cl2O4/c1-4-8(9(14)16-12)7-11(5-2,6-3)10(15)17-13/h8H,4-7H2,1-3H3. The predicted octanol–water partition coefficient (Wildman–Crippen LogP) is 3.60. The van der Waals surface area contributed by atoms with Gasteiger partial charge in [0.05, 0.1) is 11.3 Å². The molecule has 17 heavy (non-hydrogen) atoms. The van der Waals surface area contributed by atoms with E-state index in [1.165, 1.54) is 0 Å². The molecule has 0 rings (SSSR count). The Morgan fingerprint density at radius 1 is 1.12 bits per heavy atom. The highest BCUT2D eigenvalue weighted by Gasteiger charge is 2.40. The van der Waals surface area contributed by atoms with Crippen molar-refractivity contribution in [1.29, 1.82) is 0 Å². The first-order chi connectivity index (χ1) is 8.01. The van der Waals surface area contributed by atoms with Crippen molar-refractivity contribution in [2.45, 2.75) is 46.5 Å². The summed E-state index contributed by atoms with van der Waals surface area (Å²) in [5, 5.41) is 0. The van der Waals surface area contributed by atoms with Gasteiger partial charge in [0, 0.05) is 0 Å². The summed E-state index contributed by atoms with van der Waals surface area (Å²) >= 11 is 10.2. The molecule has 0 bridgehead atoms. The molecular formula is C11H18Cl2O4. The average molecular weight is 285 g/mol. The second kappa shape index (κ2) is 7.77. The average Bonchev–Trinajstić information content (AvgIpc) is 2.39. The van der Waals surface area contributed by atoms with Crippen molar-refractivity contribution in [3.05, 3.63) is 0 Å². The van der Waals surface area contributed by atoms with Gasteiger partial charge in [-0.3, -0.25) is 4.79 Å². The highest BCUT2D eigenvalue weighted by Crippen LogP contribution is 2.37. The molecule has 6 heteroatoms. The summed E-state index contributed by atoms with van der Waals surface area (Å²) in [6, 6.07) is 0. The maximum Gasteiger partial charge on any atom is 0.330 e. The summed E-state index contributed by atoms with van der Waals surface area (Å²) in [7, 11) is 0. The molecule has 0 aliphatic heterocycles. The van der Waals surface area contributed by atoms with Gasteiger partial charge in [-0.1, -0.05) is 20.8 Å². The Kier molecular flexibility index (Phi) is 7.55. The van der Waals surface area contributed by atoms with Gasteiger partial charge in [0.1, 0.15) is 23.7 Å². The van der Waals surface area contributed by atoms with Crippen LogP contribution in [0.3, 0.4) is 0 Å². The maximum absolute atomic E-state index is 11.7. The molecule has 1 unspecified atom stereocenters. The molecule has 0 radical (unpaired) electrons. The Hall–Kier alpha value is -0.480. The van der Waals surface area contributed by atoms with E-state index in [9.17, 15) is 9.59 Å². The summed E-state index contributed by atoms with van der Waals surface area (Å²) in [6.45, 7) is 5.55. The molecule has 0 saturated carbocycles. The first-order valence-electron chi connectivity index (χ1n) is 5.66. The van der Waals surface area contributed by atoms with E-state index in [4.69, 9.17) is 23.7 Å². The monoisotopic (exact) mass is 284 g/mol. The number of halogens is 2. The minimum atomic E-state index is -0.756. The fraction of sp³-hybridized carbons (Fsp3) is 0.818. The van der Waals surface area contributed by atoms with Crippen molar-refractivity contribution in [2.75, 3.05) is 0 Å². The third kappa shape index (κ3) is 4.03. The molecule has 0 aliphatic carbocycles. The zero-order valence-electron chi connectivity index (χ0n) is 10.3. The molecule has 0 saturated heterocycles. The molecule has 1 atom stereocenters. The van der Waals surface area contributed by atoms with E-state index in [0.717, 1.165) is 0 Å². The number of carbonyl (C=O) groups excluding carboxylic acids is 2. The van der Waals surface area contributed by atoms with Gasteiger partial charge in [-0.15, -0.1) is 0 Å². The minimum absolute atomic E-state index is 0.327. The quantitative estimate of drug-likeness (QED) is 0.717. The van der Waals surface area contributed by atoms with Gasteiger partial charge in [0.15, 0.2) is 0 Å². The third-order valence-electron chi connectivity index (χ3n) is 3.40. The molecule has 0 fully saturated rings. The normalized spacial score (nSPS) is 13.0. The lowest BCUT2D eigenvalue weighted by Crippen LogP contribution is -2.34. The molecule has 0 aromatic heterocycles. The molecule has 0 amide bonds. The van der Waals surface area contributed by atoms with E-state index in [1.807, 2.05) is 20.8 Å². The van der Waals surface area contributed by atoms with Crippen molar-refractivity contribution in [2.24, 2.45) is 11.3 Å². The number of hydrogen-bond acceptors (Lipinski definition) is 4. The van der Waals surface area contributed by atoms with Gasteiger partial charge in [-0.25, -0.2) is 4.79 Å². The smallest absolute Gasteiger partial charge is 0.330 e. The zero-order chi connectivity index (χ0) is 13.5. The third-order valence-corrected chi connectivity index (χ3v) is 3.69. The Bertz CT molecular complexity index is 264. The zero-order valence-corrected chi connectivity index (χ0v) is 11.8. The van der Waals surface area contributed by atoms with Crippen LogP contribution in [-0.2, 0) is 18.2 Å². The highest BCUT2D eigenvalue weighted by molar-refractivity contribution is 6.14. The van der Waals surface area contributed by atoms with E-state index in [-0.39, 0.29) is 0 Å². The van der Waals surface area contributed by atoms with Crippen molar-refractivity contribution in [3.8, 4) is 0 Å². The van der Waals surface area contributed by atoms with Gasteiger partial charge in [-0.05, 0) is 25.7 Å². The second-order valence-electron chi connectivity index (χ2n) is 4.06. The molecule has 0 aromatic rings. The second-order valence-corrected chi connectivity index (χ2v) is 4.37. The number of carbonyl (C=O) groups is 2. The number of hydrogen-bond donors (Lipinski definition) is 0. The van der Waals surface area contributed by atoms with Crippen LogP contribution >= 0.6 is 23.7 Å². The molecule has 0 heterocycles. The lowest BCUT2D eigenvalue weighted by Gasteiger charge is -2.30. The van der Waals surface area contributed by atoms with Crippen LogP contribution in [0.1, 0.15) is 46.5 Å². The Labute approximate surface area is 112 Å². The van der Waals surface area contributed by atoms with Crippen LogP contribution in [0.5, 0.6) is 0 Å². The number of rotatable bonds is 7. The molecule has 4 nitrogen and oxygen atoms in total. The van der Waals surface area contributed by atoms with Crippen LogP contribution in [-0.4, -0.2) is 11.9 Å². The van der Waals surface area contributed by atoms with Gasteiger partial charge >= 0.3 is 11.9 Å². The Balaban J connectivity index is 4.96. The SMILES string of the molecule is CCC(CC(CC)(CC)C(=O)OCl)C(=O)OCl. The van der Waals surface area contributed by atoms with E-state index in [1.54, 1.807) is 0 Å². The van der Waals surface area contributed by atoms with Crippen molar-refractivity contribution >= 4 is 35.7 Å². The van der Waals surface area contributed by atoms with Crippen LogP contribution < -0.4 is 0 Å². The van der Waals surface area contributed by atoms with Crippen LogP contribution in [0.25, 0.3) is 0 Å². The summed E-state index contributed by atoms with van der Waals surface area (Å²) in [5.74, 6) is -1.46. The van der Waals surface area contributed by atoms with E-state index < -0.39 is 23.3 Å². The summed E-state index contributed by atoms with van der Waals surface area (Å²) < 4.78 is 8.50. The summed E-state index contributed by atoms with van der Waals surface area (Å²) in [5.41, 5.74) is -0.756. The Morgan fingerprint density at radius 3 is 1.94 bits per heavy atom. The largest absolute Gasteiger partial charge is 0.347 e. The molecule has 0 aromatic carbocycles. The molecular weight excluding hydrogens is 267 g/mol. The molecule has 100 valence electrons. The van der Waals surface area contributed by atoms with Gasteiger partial charge in [0.2, 0.25) is 0 Å². The summed E-state index contributed by atoms with van der Waals surface area (Å²) in [4.78, 5) is 23.1. The van der Waals surface area contributed by atoms with E-state index in [0.29, 0.717) is 25.7 Å². The van der Waals surface area contributed by atoms with E-state index >= 15 is 0 Å². The van der Waals surface area contributed by atoms with Crippen molar-refractivity contribution in [3.63, 3.8) is 0 Å². The Morgan fingerprint density at radius 2 is 1.65 bits per heavy atom. The molecule has 0 aliphatic rings. The maximum atomic E-state index is 11.7. The van der Waals surface area contributed by atoms with Crippen LogP contribution in [0.4, 0.5) is 0 Å². The minimum Gasteiger partial charge on any atom is -0.347 e. The molecule has 0 N–H and O–H groups in total. The first kappa shape index (κ1) is 16.5. The van der Waals surface area contributed by atoms with Crippen LogP contribution in [0, 0.1) is 11.3 Å². The lowest BCUT2D eigenvalue weighted by atomic mass is 9.74. The highest BCUT2D eigenvalue weighted by atomic mass is 35.5. The topological polar surface area (TPSA) is 52.6 Å². The predicted molar refractivity (Wildman–Crippen MR) is 65.3 cm³/mol. The first-order valence-corrected chi connectivity index (χ1v) is 6.28. The van der Waals surface area contributed by atoms with Crippen LogP contribution in [0.15, 0.2) is 0 Å². The lowest BCUT2D eigenvalue weighted by molar-refractivity contribution is -0.149. The van der Waals surface area contributed by atoms with Crippen molar-refractivity contribution < 1.29 is 18.2 Å². The summed E-state index contributed by atoms with van der Waals surface area (Å²) in [6.07, 6.45) is 1.96. The van der Waals surface area contributed by atoms with Crippen LogP contribution in [0.2, 0.25) is 0 Å². The van der Waals surface area contributed by atoms with E-state index in [2.05, 4.69) is 8.58 Å². The van der Waals surface area contributed by atoms with Gasteiger partial charge in [0.25, 0.3) is 0 Å². The molecule has 0 spiro atoms. The fourth-order valence-electron chi connectivity index (χ4n) is 1.92. The van der Waals surface area contributed by atoms with Gasteiger partial charge < -0.3 is 8.58 Å². The van der Waals surface area contributed by atoms with Gasteiger partial charge in [-0.2, -0.15) is 0 Å².